The maximum Gasteiger partial charge on any atom is 0.295 e. The number of likely N-dealkylation sites (tertiary alicyclic amines) is 1. The zero-order valence-corrected chi connectivity index (χ0v) is 57.8. The summed E-state index contributed by atoms with van der Waals surface area (Å²) in [5.74, 6) is -12.7. The van der Waals surface area contributed by atoms with Crippen LogP contribution in [0.25, 0.3) is 0 Å². The van der Waals surface area contributed by atoms with Crippen molar-refractivity contribution < 1.29 is 115 Å². The number of ether oxygens (including phenoxy) is 4. The molecule has 104 heavy (non-hydrogen) atoms. The molecule has 0 radical (unpaired) electrons. The van der Waals surface area contributed by atoms with Crippen molar-refractivity contribution in [3.8, 4) is 23.0 Å². The van der Waals surface area contributed by atoms with Gasteiger partial charge in [0.25, 0.3) is 16.0 Å². The molecule has 8 amide bonds. The van der Waals surface area contributed by atoms with Gasteiger partial charge in [0, 0.05) is 55.3 Å². The number of phenols is 3. The third kappa shape index (κ3) is 18.0. The molecule has 15 N–H and O–H groups in total. The first-order valence-electron chi connectivity index (χ1n) is 33.4. The number of aliphatic hydroxyl groups is 3. The number of Topliss-reactive ketones (excluding diaryl/α,β-unsaturated/α-hetero) is 1. The van der Waals surface area contributed by atoms with Gasteiger partial charge in [-0.05, 0) is 80.0 Å². The van der Waals surface area contributed by atoms with Gasteiger partial charge in [-0.25, -0.2) is 0 Å². The molecule has 556 valence electrons. The second-order valence-electron chi connectivity index (χ2n) is 26.3. The lowest BCUT2D eigenvalue weighted by Crippen LogP contribution is -2.61. The smallest absolute Gasteiger partial charge is 0.295 e. The minimum Gasteiger partial charge on any atom is -0.508 e. The van der Waals surface area contributed by atoms with Crippen molar-refractivity contribution in [2.24, 2.45) is 11.7 Å². The van der Waals surface area contributed by atoms with Crippen molar-refractivity contribution in [1.29, 1.82) is 0 Å². The highest BCUT2D eigenvalue weighted by molar-refractivity contribution is 7.86. The van der Waals surface area contributed by atoms with Gasteiger partial charge in [0.15, 0.2) is 17.9 Å². The summed E-state index contributed by atoms with van der Waals surface area (Å²) >= 11 is 0. The SMILES string of the molecule is COc1cccc2c1C(=O)c1c(O)c3c(c(O)c1C2=O)C[C@@](O)(C(=O)CO)C[C@@H]3O[C@H]1C[C@H](NC(=O)[C@H](CC(C)C)NC(=O)[C@H](Cc2ccc(O)cc2)NC(=O)[C@H](COCc2ccccc2)NC(=O)CNC(=O)[C@H](CCC(N)=O)NC(=O)[C@@H]2CCCN2C(=O)c2ccccc2S(=O)(=O)O)[C@H](O)[C@H](C)O1. The van der Waals surface area contributed by atoms with E-state index >= 15 is 0 Å². The first-order chi connectivity index (χ1) is 49.3. The summed E-state index contributed by atoms with van der Waals surface area (Å²) in [5.41, 5.74) is 1.16. The van der Waals surface area contributed by atoms with Crippen LogP contribution in [0.3, 0.4) is 0 Å². The van der Waals surface area contributed by atoms with Crippen LogP contribution in [0, 0.1) is 5.92 Å². The monoisotopic (exact) mass is 1460 g/mol. The van der Waals surface area contributed by atoms with E-state index in [1.54, 1.807) is 44.2 Å². The van der Waals surface area contributed by atoms with Crippen LogP contribution < -0.4 is 42.4 Å². The molecular weight excluding hydrogens is 1380 g/mol. The van der Waals surface area contributed by atoms with Crippen molar-refractivity contribution in [3.63, 3.8) is 0 Å². The van der Waals surface area contributed by atoms with E-state index in [0.717, 1.165) is 17.0 Å². The largest absolute Gasteiger partial charge is 0.508 e. The predicted octanol–water partition coefficient (Wildman–Crippen LogP) is 0.242. The molecule has 5 aromatic rings. The standard InChI is InChI=1S/C71H82N8O24S/c1-35(2)26-45(66(91)76-44-28-55(102-36(3)60(44)85)103-50-30-71(96,52(82)32-80)29-42-57(50)64(89)59-58(62(42)87)61(86)41-15-10-17-49(100-4)56(41)63(59)88)77-67(92)46(27-37-19-21-39(81)22-20-37)78-68(93)47(34-101-33-38-12-6-5-7-13-38)74-54(84)31-73-65(90)43(23-24-53(72)83)75-69(94)48-16-11-25-79(48)70(95)40-14-8-9-18-51(40)104(97,98)99/h5-10,12-15,17-22,35-36,43-48,50,55,60,80-81,85,87,89,96H,11,16,23-34H2,1-4H3,(H2,72,83)(H,73,90)(H,74,84)(H,75,94)(H,76,91)(H,77,92)(H,78,93)(H,97,98,99)/t36-,43-,44-,45-,46-,47-,48-,50-,55-,60+,71-/m0/s1. The molecule has 33 heteroatoms. The topological polar surface area (TPSA) is 502 Å². The van der Waals surface area contributed by atoms with Gasteiger partial charge in [-0.3, -0.25) is 57.3 Å². The molecule has 4 aliphatic rings. The molecule has 2 aliphatic heterocycles. The van der Waals surface area contributed by atoms with Gasteiger partial charge in [0.05, 0.1) is 67.4 Å². The molecular formula is C71H82N8O24S. The highest BCUT2D eigenvalue weighted by atomic mass is 32.2. The zero-order valence-electron chi connectivity index (χ0n) is 57.0. The number of carbonyl (C=O) groups excluding carboxylic acids is 11. The Morgan fingerprint density at radius 3 is 2.12 bits per heavy atom. The quantitative estimate of drug-likeness (QED) is 0.0212. The molecule has 0 aromatic heterocycles. The van der Waals surface area contributed by atoms with Crippen molar-refractivity contribution in [1.82, 2.24) is 36.8 Å². The summed E-state index contributed by atoms with van der Waals surface area (Å²) in [4.78, 5) is 154. The van der Waals surface area contributed by atoms with Crippen LogP contribution in [0.1, 0.15) is 136 Å². The summed E-state index contributed by atoms with van der Waals surface area (Å²) in [5, 5.41) is 83.2. The number of ketones is 3. The lowest BCUT2D eigenvalue weighted by atomic mass is 9.72. The van der Waals surface area contributed by atoms with Crippen LogP contribution in [-0.4, -0.2) is 207 Å². The van der Waals surface area contributed by atoms with Crippen LogP contribution in [0.4, 0.5) is 0 Å². The van der Waals surface area contributed by atoms with Crippen LogP contribution in [-0.2, 0) is 82.1 Å². The van der Waals surface area contributed by atoms with Crippen molar-refractivity contribution in [3.05, 3.63) is 147 Å². The number of benzene rings is 5. The molecule has 9 rings (SSSR count). The van der Waals surface area contributed by atoms with E-state index in [9.17, 15) is 96.3 Å². The number of nitrogens with zero attached hydrogens (tertiary/aromatic N) is 1. The molecule has 2 aliphatic carbocycles. The number of methoxy groups -OCH3 is 1. The van der Waals surface area contributed by atoms with E-state index in [1.165, 1.54) is 68.6 Å². The molecule has 0 spiro atoms. The number of nitrogens with one attached hydrogen (secondary N) is 6. The first kappa shape index (κ1) is 77.9. The second kappa shape index (κ2) is 33.5. The minimum atomic E-state index is -4.88. The van der Waals surface area contributed by atoms with Gasteiger partial charge in [0.1, 0.15) is 76.4 Å². The second-order valence-corrected chi connectivity index (χ2v) is 27.7. The third-order valence-electron chi connectivity index (χ3n) is 18.4. The summed E-state index contributed by atoms with van der Waals surface area (Å²) in [6.45, 7) is 2.15. The van der Waals surface area contributed by atoms with Crippen LogP contribution in [0.5, 0.6) is 23.0 Å². The number of fused-ring (bicyclic) bond motifs is 3. The lowest BCUT2D eigenvalue weighted by molar-refractivity contribution is -0.249. The number of hydrogen-bond donors (Lipinski definition) is 14. The number of hydrogen-bond acceptors (Lipinski definition) is 23. The Morgan fingerprint density at radius 1 is 0.769 bits per heavy atom. The van der Waals surface area contributed by atoms with Gasteiger partial charge in [-0.15, -0.1) is 0 Å². The van der Waals surface area contributed by atoms with E-state index in [2.05, 4.69) is 31.9 Å². The number of primary amides is 1. The summed E-state index contributed by atoms with van der Waals surface area (Å²) in [6.07, 6.45) is -8.65. The minimum absolute atomic E-state index is 0.0223. The number of carbonyl (C=O) groups is 11. The van der Waals surface area contributed by atoms with Gasteiger partial charge < -0.3 is 92.1 Å². The number of nitrogens with two attached hydrogens (primary N) is 1. The molecule has 2 heterocycles. The third-order valence-corrected chi connectivity index (χ3v) is 19.3. The Labute approximate surface area is 596 Å². The van der Waals surface area contributed by atoms with E-state index in [4.69, 9.17) is 24.7 Å². The Balaban J connectivity index is 0.916. The molecule has 5 aromatic carbocycles. The van der Waals surface area contributed by atoms with E-state index in [1.807, 2.05) is 0 Å². The van der Waals surface area contributed by atoms with E-state index in [0.29, 0.717) is 11.1 Å². The van der Waals surface area contributed by atoms with Crippen LogP contribution >= 0.6 is 0 Å². The number of phenolic OH excluding ortho intramolecular Hbond substituents is 3. The summed E-state index contributed by atoms with van der Waals surface area (Å²) in [6, 6.07) is 14.4. The summed E-state index contributed by atoms with van der Waals surface area (Å²) in [7, 11) is -3.62. The van der Waals surface area contributed by atoms with E-state index < -0.39 is 226 Å². The summed E-state index contributed by atoms with van der Waals surface area (Å²) < 4.78 is 57.9. The maximum absolute atomic E-state index is 14.9. The fourth-order valence-corrected chi connectivity index (χ4v) is 13.9. The zero-order chi connectivity index (χ0) is 75.6. The number of aliphatic hydroxyl groups excluding tert-OH is 2. The van der Waals surface area contributed by atoms with Crippen LogP contribution in [0.15, 0.2) is 102 Å². The Hall–Kier alpha value is -10.3. The highest BCUT2D eigenvalue weighted by Crippen LogP contribution is 2.53. The lowest BCUT2D eigenvalue weighted by Gasteiger charge is -2.43. The molecule has 2 fully saturated rings. The normalized spacial score (nSPS) is 21.0. The van der Waals surface area contributed by atoms with Crippen molar-refractivity contribution in [2.45, 2.75) is 157 Å². The Morgan fingerprint density at radius 2 is 1.44 bits per heavy atom. The van der Waals surface area contributed by atoms with Gasteiger partial charge in [-0.1, -0.05) is 80.6 Å². The molecule has 2 saturated heterocycles. The number of rotatable bonds is 30. The molecule has 0 unspecified atom stereocenters. The van der Waals surface area contributed by atoms with Gasteiger partial charge in [-0.2, -0.15) is 8.42 Å². The predicted molar refractivity (Wildman–Crippen MR) is 363 cm³/mol. The Kier molecular flexibility index (Phi) is 25.1. The van der Waals surface area contributed by atoms with Gasteiger partial charge in [0.2, 0.25) is 47.1 Å². The first-order valence-corrected chi connectivity index (χ1v) is 34.8. The van der Waals surface area contributed by atoms with Crippen molar-refractivity contribution in [2.75, 3.05) is 33.4 Å². The molecule has 0 bridgehead atoms. The molecule has 32 nitrogen and oxygen atoms in total. The van der Waals surface area contributed by atoms with E-state index in [-0.39, 0.29) is 78.5 Å². The average Bonchev–Trinajstić information content (AvgIpc) is 0.768. The fourth-order valence-electron chi connectivity index (χ4n) is 13.2. The fraction of sp³-hybridized carbons (Fsp3) is 0.423. The van der Waals surface area contributed by atoms with Crippen molar-refractivity contribution >= 4 is 74.7 Å². The highest BCUT2D eigenvalue weighted by Gasteiger charge is 2.51. The molecule has 11 atom stereocenters. The molecule has 0 saturated carbocycles. The number of amides is 8. The van der Waals surface area contributed by atoms with Crippen LogP contribution in [0.2, 0.25) is 0 Å². The average molecular weight is 1460 g/mol. The maximum atomic E-state index is 14.9. The Bertz CT molecular complexity index is 4250. The van der Waals surface area contributed by atoms with Gasteiger partial charge >= 0.3 is 0 Å². The number of aromatic hydroxyl groups is 3.